The number of aliphatic hydroxyl groups is 1. The minimum absolute atomic E-state index is 0.180. The third kappa shape index (κ3) is 5.07. The molecule has 1 spiro atoms. The molecule has 6 nitrogen and oxygen atoms in total. The lowest BCUT2D eigenvalue weighted by molar-refractivity contribution is -0.134. The van der Waals surface area contributed by atoms with Gasteiger partial charge in [-0.15, -0.1) is 0 Å². The Labute approximate surface area is 191 Å². The molecule has 2 fully saturated rings. The summed E-state index contributed by atoms with van der Waals surface area (Å²) in [7, 11) is 0. The van der Waals surface area contributed by atoms with Gasteiger partial charge in [-0.05, 0) is 67.0 Å². The summed E-state index contributed by atoms with van der Waals surface area (Å²) >= 11 is 0. The maximum Gasteiger partial charge on any atom is 0.325 e. The second kappa shape index (κ2) is 9.57. The molecule has 2 aliphatic rings. The van der Waals surface area contributed by atoms with Crippen LogP contribution in [0.4, 0.5) is 13.6 Å². The van der Waals surface area contributed by atoms with Gasteiger partial charge in [-0.25, -0.2) is 13.6 Å². The molecule has 33 heavy (non-hydrogen) atoms. The van der Waals surface area contributed by atoms with Crippen molar-refractivity contribution in [3.05, 3.63) is 71.3 Å². The first-order valence-corrected chi connectivity index (χ1v) is 11.2. The van der Waals surface area contributed by atoms with Crippen LogP contribution in [0.1, 0.15) is 49.8 Å². The van der Waals surface area contributed by atoms with Crippen LogP contribution in [0, 0.1) is 17.6 Å². The Kier molecular flexibility index (Phi) is 6.76. The van der Waals surface area contributed by atoms with Crippen molar-refractivity contribution in [2.45, 2.75) is 50.4 Å². The lowest BCUT2D eigenvalue weighted by Crippen LogP contribution is -2.49. The van der Waals surface area contributed by atoms with Crippen molar-refractivity contribution in [3.63, 3.8) is 0 Å². The number of carbonyl (C=O) groups is 2. The van der Waals surface area contributed by atoms with Gasteiger partial charge in [0.25, 0.3) is 5.91 Å². The molecule has 2 aromatic rings. The van der Waals surface area contributed by atoms with Gasteiger partial charge in [-0.1, -0.05) is 31.2 Å². The Morgan fingerprint density at radius 2 is 1.55 bits per heavy atom. The van der Waals surface area contributed by atoms with Crippen molar-refractivity contribution in [1.29, 1.82) is 0 Å². The summed E-state index contributed by atoms with van der Waals surface area (Å²) in [6.45, 7) is 1.76. The number of rotatable bonds is 7. The highest BCUT2D eigenvalue weighted by Crippen LogP contribution is 2.36. The Morgan fingerprint density at radius 1 is 1.03 bits per heavy atom. The third-order valence-electron chi connectivity index (χ3n) is 6.57. The van der Waals surface area contributed by atoms with Crippen LogP contribution in [0.15, 0.2) is 48.5 Å². The molecule has 176 valence electrons. The normalized spacial score (nSPS) is 23.9. The molecule has 1 atom stereocenters. The Balaban J connectivity index is 1.43. The Hall–Kier alpha value is -2.84. The minimum Gasteiger partial charge on any atom is -0.389 e. The first kappa shape index (κ1) is 23.3. The number of imide groups is 1. The highest BCUT2D eigenvalue weighted by molar-refractivity contribution is 6.07. The number of nitrogens with zero attached hydrogens (tertiary/aromatic N) is 1. The van der Waals surface area contributed by atoms with E-state index in [-0.39, 0.29) is 19.1 Å². The molecule has 2 N–H and O–H groups in total. The van der Waals surface area contributed by atoms with E-state index in [1.165, 1.54) is 24.3 Å². The fourth-order valence-corrected chi connectivity index (χ4v) is 4.57. The highest BCUT2D eigenvalue weighted by atomic mass is 19.1. The van der Waals surface area contributed by atoms with Crippen molar-refractivity contribution in [3.8, 4) is 0 Å². The van der Waals surface area contributed by atoms with Gasteiger partial charge in [-0.2, -0.15) is 0 Å². The summed E-state index contributed by atoms with van der Waals surface area (Å²) in [5.41, 5.74) is 0.385. The van der Waals surface area contributed by atoms with Crippen LogP contribution in [0.2, 0.25) is 0 Å². The number of hydrogen-bond acceptors (Lipinski definition) is 4. The molecular formula is C25H28F2N2O4. The lowest BCUT2D eigenvalue weighted by Gasteiger charge is -2.33. The van der Waals surface area contributed by atoms with Crippen molar-refractivity contribution in [2.75, 3.05) is 13.2 Å². The third-order valence-corrected chi connectivity index (χ3v) is 6.57. The van der Waals surface area contributed by atoms with E-state index in [1.54, 1.807) is 24.3 Å². The molecule has 3 amide bonds. The molecule has 1 saturated heterocycles. The Morgan fingerprint density at radius 3 is 2.06 bits per heavy atom. The Bertz CT molecular complexity index is 943. The van der Waals surface area contributed by atoms with E-state index in [2.05, 4.69) is 12.2 Å². The van der Waals surface area contributed by atoms with E-state index in [4.69, 9.17) is 4.74 Å². The van der Waals surface area contributed by atoms with E-state index in [9.17, 15) is 23.5 Å². The first-order valence-electron chi connectivity index (χ1n) is 11.2. The number of benzene rings is 2. The molecule has 0 radical (unpaired) electrons. The van der Waals surface area contributed by atoms with E-state index in [0.29, 0.717) is 29.9 Å². The SMILES string of the molecule is CC1CCC2(CC1)NC(=O)N(C[C@H](O)COC(c1ccc(F)cc1)c1ccc(F)cc1)C2=O. The number of halogens is 2. The topological polar surface area (TPSA) is 78.9 Å². The summed E-state index contributed by atoms with van der Waals surface area (Å²) < 4.78 is 32.7. The molecule has 1 saturated carbocycles. The van der Waals surface area contributed by atoms with Crippen molar-refractivity contribution < 1.29 is 28.2 Å². The summed E-state index contributed by atoms with van der Waals surface area (Å²) in [5.74, 6) is -0.585. The van der Waals surface area contributed by atoms with Crippen LogP contribution in [0.25, 0.3) is 0 Å². The van der Waals surface area contributed by atoms with Crippen LogP contribution in [0.5, 0.6) is 0 Å². The fourth-order valence-electron chi connectivity index (χ4n) is 4.57. The van der Waals surface area contributed by atoms with E-state index >= 15 is 0 Å². The fraction of sp³-hybridized carbons (Fsp3) is 0.440. The zero-order valence-corrected chi connectivity index (χ0v) is 18.5. The number of ether oxygens (including phenoxy) is 1. The zero-order valence-electron chi connectivity index (χ0n) is 18.5. The predicted octanol–water partition coefficient (Wildman–Crippen LogP) is 3.93. The summed E-state index contributed by atoms with van der Waals surface area (Å²) in [4.78, 5) is 26.6. The zero-order chi connectivity index (χ0) is 23.6. The molecule has 1 heterocycles. The van der Waals surface area contributed by atoms with Crippen LogP contribution >= 0.6 is 0 Å². The van der Waals surface area contributed by atoms with Crippen LogP contribution in [-0.2, 0) is 9.53 Å². The molecule has 1 aliphatic carbocycles. The molecule has 0 unspecified atom stereocenters. The molecular weight excluding hydrogens is 430 g/mol. The van der Waals surface area contributed by atoms with E-state index in [0.717, 1.165) is 17.7 Å². The molecule has 8 heteroatoms. The summed E-state index contributed by atoms with van der Waals surface area (Å²) in [6.07, 6.45) is 1.11. The van der Waals surface area contributed by atoms with Gasteiger partial charge < -0.3 is 15.2 Å². The van der Waals surface area contributed by atoms with E-state index < -0.39 is 35.4 Å². The van der Waals surface area contributed by atoms with Gasteiger partial charge in [0.1, 0.15) is 23.3 Å². The standard InChI is InChI=1S/C25H28F2N2O4/c1-16-10-12-25(13-11-16)23(31)29(24(32)28-25)14-21(30)15-33-22(17-2-6-19(26)7-3-17)18-4-8-20(27)9-5-18/h2-9,16,21-22,30H,10-15H2,1H3,(H,28,32)/t16?,21-,25?/m0/s1. The van der Waals surface area contributed by atoms with Crippen LogP contribution in [0.3, 0.4) is 0 Å². The van der Waals surface area contributed by atoms with Crippen molar-refractivity contribution in [2.24, 2.45) is 5.92 Å². The number of hydrogen-bond donors (Lipinski definition) is 2. The number of nitrogens with one attached hydrogen (secondary N) is 1. The first-order chi connectivity index (χ1) is 15.8. The second-order valence-corrected chi connectivity index (χ2v) is 9.08. The highest BCUT2D eigenvalue weighted by Gasteiger charge is 2.52. The lowest BCUT2D eigenvalue weighted by atomic mass is 9.77. The molecule has 2 aromatic carbocycles. The summed E-state index contributed by atoms with van der Waals surface area (Å²) in [5, 5.41) is 13.4. The van der Waals surface area contributed by atoms with Crippen LogP contribution in [-0.4, -0.2) is 46.7 Å². The number of aliphatic hydroxyl groups excluding tert-OH is 1. The minimum atomic E-state index is -1.12. The largest absolute Gasteiger partial charge is 0.389 e. The summed E-state index contributed by atoms with van der Waals surface area (Å²) in [6, 6.07) is 10.9. The van der Waals surface area contributed by atoms with E-state index in [1.807, 2.05) is 0 Å². The maximum absolute atomic E-state index is 13.4. The molecule has 0 aromatic heterocycles. The van der Waals surface area contributed by atoms with Gasteiger partial charge in [0.05, 0.1) is 19.3 Å². The number of amides is 3. The number of β-amino-alcohol motifs (C(OH)–C–C–N with tert-alkyl or cyclic N) is 1. The van der Waals surface area contributed by atoms with Gasteiger partial charge in [-0.3, -0.25) is 9.69 Å². The van der Waals surface area contributed by atoms with Crippen molar-refractivity contribution in [1.82, 2.24) is 10.2 Å². The van der Waals surface area contributed by atoms with Gasteiger partial charge in [0, 0.05) is 0 Å². The predicted molar refractivity (Wildman–Crippen MR) is 117 cm³/mol. The van der Waals surface area contributed by atoms with Gasteiger partial charge in [0.2, 0.25) is 0 Å². The number of carbonyl (C=O) groups excluding carboxylic acids is 2. The average Bonchev–Trinajstić information content (AvgIpc) is 3.02. The second-order valence-electron chi connectivity index (χ2n) is 9.08. The van der Waals surface area contributed by atoms with Gasteiger partial charge >= 0.3 is 6.03 Å². The number of urea groups is 1. The van der Waals surface area contributed by atoms with Crippen LogP contribution < -0.4 is 5.32 Å². The van der Waals surface area contributed by atoms with Gasteiger partial charge in [0.15, 0.2) is 0 Å². The molecule has 0 bridgehead atoms. The van der Waals surface area contributed by atoms with Crippen molar-refractivity contribution >= 4 is 11.9 Å². The molecule has 4 rings (SSSR count). The maximum atomic E-state index is 13.4. The quantitative estimate of drug-likeness (QED) is 0.617. The monoisotopic (exact) mass is 458 g/mol. The molecule has 1 aliphatic heterocycles. The smallest absolute Gasteiger partial charge is 0.325 e. The average molecular weight is 459 g/mol.